The molecule has 0 fully saturated rings. The Balaban J connectivity index is 1.80. The molecular formula is C21H23NO5. The van der Waals surface area contributed by atoms with E-state index in [-0.39, 0.29) is 19.1 Å². The van der Waals surface area contributed by atoms with Crippen molar-refractivity contribution in [2.24, 2.45) is 0 Å². The Morgan fingerprint density at radius 3 is 2.04 bits per heavy atom. The van der Waals surface area contributed by atoms with Crippen LogP contribution in [0.1, 0.15) is 30.9 Å². The van der Waals surface area contributed by atoms with Crippen LogP contribution >= 0.6 is 0 Å². The van der Waals surface area contributed by atoms with Crippen LogP contribution in [0.5, 0.6) is 0 Å². The summed E-state index contributed by atoms with van der Waals surface area (Å²) in [5.41, 5.74) is 4.41. The average molecular weight is 369 g/mol. The maximum Gasteiger partial charge on any atom is 0.410 e. The van der Waals surface area contributed by atoms with Crippen LogP contribution in [0.3, 0.4) is 0 Å². The number of aliphatic hydroxyl groups is 1. The number of rotatable bonds is 6. The number of nitrogens with zero attached hydrogens (tertiary/aromatic N) is 1. The van der Waals surface area contributed by atoms with E-state index in [2.05, 4.69) is 0 Å². The number of carboxylic acid groups (broad SMARTS) is 1. The molecule has 1 aliphatic carbocycles. The number of hydrogen-bond acceptors (Lipinski definition) is 4. The molecule has 27 heavy (non-hydrogen) atoms. The summed E-state index contributed by atoms with van der Waals surface area (Å²) in [5, 5.41) is 19.1. The molecule has 142 valence electrons. The van der Waals surface area contributed by atoms with Gasteiger partial charge < -0.3 is 14.9 Å². The zero-order chi connectivity index (χ0) is 19.6. The molecule has 0 aliphatic heterocycles. The average Bonchev–Trinajstić information content (AvgIpc) is 2.97. The molecule has 0 bridgehead atoms. The second-order valence-electron chi connectivity index (χ2n) is 6.61. The van der Waals surface area contributed by atoms with E-state index in [0.29, 0.717) is 0 Å². The lowest BCUT2D eigenvalue weighted by Crippen LogP contribution is -2.51. The summed E-state index contributed by atoms with van der Waals surface area (Å²) in [6.45, 7) is 3.23. The van der Waals surface area contributed by atoms with Crippen LogP contribution in [0.2, 0.25) is 0 Å². The summed E-state index contributed by atoms with van der Waals surface area (Å²) in [4.78, 5) is 25.0. The van der Waals surface area contributed by atoms with E-state index in [1.807, 2.05) is 48.5 Å². The number of ether oxygens (including phenoxy) is 1. The third-order valence-corrected chi connectivity index (χ3v) is 4.96. The molecule has 0 aromatic heterocycles. The summed E-state index contributed by atoms with van der Waals surface area (Å²) in [6, 6.07) is 14.6. The van der Waals surface area contributed by atoms with Crippen molar-refractivity contribution in [3.63, 3.8) is 0 Å². The number of carbonyl (C=O) groups is 2. The van der Waals surface area contributed by atoms with Gasteiger partial charge in [0, 0.05) is 12.5 Å². The first-order valence-electron chi connectivity index (χ1n) is 8.98. The molecule has 1 amide bonds. The Hall–Kier alpha value is -2.86. The van der Waals surface area contributed by atoms with Crippen molar-refractivity contribution in [2.45, 2.75) is 31.9 Å². The van der Waals surface area contributed by atoms with Gasteiger partial charge in [-0.1, -0.05) is 48.5 Å². The molecule has 0 spiro atoms. The number of carboxylic acids is 1. The van der Waals surface area contributed by atoms with Crippen molar-refractivity contribution in [1.29, 1.82) is 0 Å². The minimum absolute atomic E-state index is 0.102. The molecule has 0 heterocycles. The topological polar surface area (TPSA) is 87.1 Å². The van der Waals surface area contributed by atoms with E-state index in [4.69, 9.17) is 4.74 Å². The minimum Gasteiger partial charge on any atom is -0.480 e. The number of amides is 1. The first-order chi connectivity index (χ1) is 13.0. The van der Waals surface area contributed by atoms with Gasteiger partial charge in [-0.15, -0.1) is 0 Å². The molecule has 0 radical (unpaired) electrons. The predicted octanol–water partition coefficient (Wildman–Crippen LogP) is 3.09. The van der Waals surface area contributed by atoms with Crippen LogP contribution < -0.4 is 0 Å². The Morgan fingerprint density at radius 2 is 1.59 bits per heavy atom. The lowest BCUT2D eigenvalue weighted by atomic mass is 9.98. The van der Waals surface area contributed by atoms with Crippen molar-refractivity contribution < 1.29 is 24.5 Å². The molecule has 2 unspecified atom stereocenters. The van der Waals surface area contributed by atoms with Crippen molar-refractivity contribution in [3.05, 3.63) is 59.7 Å². The van der Waals surface area contributed by atoms with Crippen molar-refractivity contribution in [3.8, 4) is 11.1 Å². The number of hydrogen-bond donors (Lipinski definition) is 2. The molecule has 6 nitrogen and oxygen atoms in total. The fourth-order valence-electron chi connectivity index (χ4n) is 3.72. The highest BCUT2D eigenvalue weighted by molar-refractivity contribution is 5.81. The van der Waals surface area contributed by atoms with E-state index >= 15 is 0 Å². The first kappa shape index (κ1) is 18.9. The third kappa shape index (κ3) is 3.53. The fraction of sp³-hybridized carbons (Fsp3) is 0.333. The summed E-state index contributed by atoms with van der Waals surface area (Å²) >= 11 is 0. The summed E-state index contributed by atoms with van der Waals surface area (Å²) in [5.74, 6) is -1.37. The lowest BCUT2D eigenvalue weighted by Gasteiger charge is -2.29. The second-order valence-corrected chi connectivity index (χ2v) is 6.61. The molecule has 0 saturated heterocycles. The maximum absolute atomic E-state index is 12.5. The second kappa shape index (κ2) is 7.80. The van der Waals surface area contributed by atoms with Gasteiger partial charge in [0.15, 0.2) is 6.04 Å². The number of carbonyl (C=O) groups excluding carboxylic acids is 1. The van der Waals surface area contributed by atoms with Gasteiger partial charge in [0.25, 0.3) is 0 Å². The number of benzene rings is 2. The fourth-order valence-corrected chi connectivity index (χ4v) is 3.72. The minimum atomic E-state index is -1.34. The largest absolute Gasteiger partial charge is 0.480 e. The number of aliphatic carboxylic acids is 1. The number of fused-ring (bicyclic) bond motifs is 3. The van der Waals surface area contributed by atoms with Gasteiger partial charge in [-0.3, -0.25) is 4.90 Å². The quantitative estimate of drug-likeness (QED) is 0.817. The molecule has 2 aromatic carbocycles. The van der Waals surface area contributed by atoms with Crippen molar-refractivity contribution in [1.82, 2.24) is 4.90 Å². The Labute approximate surface area is 158 Å². The molecule has 1 aliphatic rings. The van der Waals surface area contributed by atoms with E-state index < -0.39 is 24.2 Å². The standard InChI is InChI=1S/C21H23NO5/c1-3-22(19(13(2)23)20(24)25)21(26)27-12-18-16-10-6-4-8-14(16)15-9-5-7-11-17(15)18/h4-11,13,18-19,23H,3,12H2,1-2H3,(H,24,25). The van der Waals surface area contributed by atoms with Crippen molar-refractivity contribution in [2.75, 3.05) is 13.2 Å². The third-order valence-electron chi connectivity index (χ3n) is 4.96. The zero-order valence-electron chi connectivity index (χ0n) is 15.3. The Morgan fingerprint density at radius 1 is 1.07 bits per heavy atom. The van der Waals surface area contributed by atoms with Gasteiger partial charge in [-0.2, -0.15) is 0 Å². The van der Waals surface area contributed by atoms with Crippen LogP contribution in [0, 0.1) is 0 Å². The zero-order valence-corrected chi connectivity index (χ0v) is 15.3. The SMILES string of the molecule is CCN(C(=O)OCC1c2ccccc2-c2ccccc21)C(C(=O)O)C(C)O. The number of aliphatic hydroxyl groups excluding tert-OH is 1. The maximum atomic E-state index is 12.5. The van der Waals surface area contributed by atoms with Gasteiger partial charge in [-0.25, -0.2) is 9.59 Å². The molecule has 6 heteroatoms. The van der Waals surface area contributed by atoms with Crippen LogP contribution in [-0.2, 0) is 9.53 Å². The van der Waals surface area contributed by atoms with Gasteiger partial charge in [0.2, 0.25) is 0 Å². The predicted molar refractivity (Wildman–Crippen MR) is 101 cm³/mol. The highest BCUT2D eigenvalue weighted by Crippen LogP contribution is 2.44. The molecule has 2 atom stereocenters. The van der Waals surface area contributed by atoms with Crippen LogP contribution in [0.15, 0.2) is 48.5 Å². The van der Waals surface area contributed by atoms with Gasteiger partial charge in [0.1, 0.15) is 6.61 Å². The van der Waals surface area contributed by atoms with Gasteiger partial charge in [-0.05, 0) is 36.1 Å². The highest BCUT2D eigenvalue weighted by atomic mass is 16.6. The number of likely N-dealkylation sites (N-methyl/N-ethyl adjacent to an activating group) is 1. The van der Waals surface area contributed by atoms with Crippen LogP contribution in [-0.4, -0.2) is 52.5 Å². The van der Waals surface area contributed by atoms with Crippen LogP contribution in [0.4, 0.5) is 4.79 Å². The summed E-state index contributed by atoms with van der Waals surface area (Å²) in [7, 11) is 0. The van der Waals surface area contributed by atoms with E-state index in [1.54, 1.807) is 6.92 Å². The molecule has 0 saturated carbocycles. The summed E-state index contributed by atoms with van der Waals surface area (Å²) in [6.07, 6.45) is -1.95. The summed E-state index contributed by atoms with van der Waals surface area (Å²) < 4.78 is 5.49. The lowest BCUT2D eigenvalue weighted by molar-refractivity contribution is -0.146. The molecular weight excluding hydrogens is 346 g/mol. The smallest absolute Gasteiger partial charge is 0.410 e. The highest BCUT2D eigenvalue weighted by Gasteiger charge is 2.35. The van der Waals surface area contributed by atoms with Gasteiger partial charge in [0.05, 0.1) is 6.10 Å². The van der Waals surface area contributed by atoms with E-state index in [1.165, 1.54) is 6.92 Å². The van der Waals surface area contributed by atoms with Gasteiger partial charge >= 0.3 is 12.1 Å². The van der Waals surface area contributed by atoms with E-state index in [9.17, 15) is 19.8 Å². The molecule has 2 N–H and O–H groups in total. The van der Waals surface area contributed by atoms with Crippen molar-refractivity contribution >= 4 is 12.1 Å². The molecule has 2 aromatic rings. The first-order valence-corrected chi connectivity index (χ1v) is 8.98. The van der Waals surface area contributed by atoms with Crippen LogP contribution in [0.25, 0.3) is 11.1 Å². The Kier molecular flexibility index (Phi) is 5.46. The normalized spacial score (nSPS) is 14.8. The monoisotopic (exact) mass is 369 g/mol. The Bertz CT molecular complexity index is 802. The van der Waals surface area contributed by atoms with E-state index in [0.717, 1.165) is 27.2 Å². The molecule has 3 rings (SSSR count).